The van der Waals surface area contributed by atoms with Crippen LogP contribution in [0.2, 0.25) is 0 Å². The van der Waals surface area contributed by atoms with E-state index in [-0.39, 0.29) is 16.9 Å². The van der Waals surface area contributed by atoms with Gasteiger partial charge in [-0.1, -0.05) is 12.1 Å². The Bertz CT molecular complexity index is 1240. The molecule has 36 heavy (non-hydrogen) atoms. The number of ether oxygens (including phenoxy) is 1. The van der Waals surface area contributed by atoms with E-state index in [9.17, 15) is 54.0 Å². The molecule has 0 radical (unpaired) electrons. The number of hydrogen-bond donors (Lipinski definition) is 6. The van der Waals surface area contributed by atoms with Crippen molar-refractivity contribution >= 4 is 41.8 Å². The van der Waals surface area contributed by atoms with Gasteiger partial charge in [0.1, 0.15) is 5.75 Å². The Hall–Kier alpha value is -5.27. The summed E-state index contributed by atoms with van der Waals surface area (Å²) >= 11 is 0. The summed E-state index contributed by atoms with van der Waals surface area (Å²) < 4.78 is 5.05. The van der Waals surface area contributed by atoms with Gasteiger partial charge in [0.15, 0.2) is 0 Å². The quantitative estimate of drug-likeness (QED) is 0.141. The van der Waals surface area contributed by atoms with Gasteiger partial charge in [0, 0.05) is 0 Å². The number of hydrogen-bond acceptors (Lipinski definition) is 8. The van der Waals surface area contributed by atoms with E-state index in [2.05, 4.69) is 0 Å². The Morgan fingerprint density at radius 1 is 0.694 bits per heavy atom. The molecule has 0 spiro atoms. The van der Waals surface area contributed by atoms with Crippen LogP contribution in [0.1, 0.15) is 36.6 Å². The van der Waals surface area contributed by atoms with Crippen LogP contribution in [-0.2, 0) is 25.6 Å². The number of carbonyl (C=O) groups is 7. The van der Waals surface area contributed by atoms with Crippen molar-refractivity contribution in [3.05, 3.63) is 64.7 Å². The third kappa shape index (κ3) is 5.11. The fraction of sp³-hybridized carbons (Fsp3) is 0.136. The highest BCUT2D eigenvalue weighted by Crippen LogP contribution is 2.33. The zero-order valence-electron chi connectivity index (χ0n) is 17.8. The van der Waals surface area contributed by atoms with Gasteiger partial charge in [-0.15, -0.1) is 0 Å². The van der Waals surface area contributed by atoms with Crippen LogP contribution in [0, 0.1) is 11.3 Å². The van der Waals surface area contributed by atoms with Crippen molar-refractivity contribution in [3.63, 3.8) is 0 Å². The molecule has 1 unspecified atom stereocenters. The monoisotopic (exact) mass is 504 g/mol. The first-order chi connectivity index (χ1) is 16.7. The second-order valence-corrected chi connectivity index (χ2v) is 7.22. The average Bonchev–Trinajstić information content (AvgIpc) is 2.78. The number of carboxylic acid groups (broad SMARTS) is 6. The van der Waals surface area contributed by atoms with E-state index in [4.69, 9.17) is 14.9 Å². The summed E-state index contributed by atoms with van der Waals surface area (Å²) in [5.41, 5.74) is -5.21. The molecular weight excluding hydrogens is 488 g/mol. The SMILES string of the molecule is O=C(Oc1ccc(CC(C(=O)O)C(C(=O)O)(C(=O)O)C(=O)O)cc1)c1ccc(C(=O)O)c(C(=O)O)c1. The van der Waals surface area contributed by atoms with Crippen LogP contribution < -0.4 is 4.74 Å². The fourth-order valence-electron chi connectivity index (χ4n) is 3.28. The molecule has 0 aromatic heterocycles. The van der Waals surface area contributed by atoms with Crippen LogP contribution in [0.5, 0.6) is 5.75 Å². The first kappa shape index (κ1) is 27.0. The van der Waals surface area contributed by atoms with Gasteiger partial charge in [-0.25, -0.2) is 14.4 Å². The molecular formula is C22H16O14. The van der Waals surface area contributed by atoms with Crippen LogP contribution in [0.15, 0.2) is 42.5 Å². The molecule has 0 bridgehead atoms. The van der Waals surface area contributed by atoms with E-state index in [0.29, 0.717) is 0 Å². The summed E-state index contributed by atoms with van der Waals surface area (Å²) in [5.74, 6) is -15.9. The van der Waals surface area contributed by atoms with Crippen molar-refractivity contribution in [2.24, 2.45) is 11.3 Å². The largest absolute Gasteiger partial charge is 0.481 e. The Morgan fingerprint density at radius 2 is 1.19 bits per heavy atom. The molecule has 14 nitrogen and oxygen atoms in total. The maximum absolute atomic E-state index is 12.3. The van der Waals surface area contributed by atoms with Crippen LogP contribution in [0.25, 0.3) is 0 Å². The van der Waals surface area contributed by atoms with Crippen LogP contribution in [0.3, 0.4) is 0 Å². The lowest BCUT2D eigenvalue weighted by atomic mass is 9.72. The van der Waals surface area contributed by atoms with Crippen molar-refractivity contribution in [1.29, 1.82) is 0 Å². The molecule has 0 heterocycles. The summed E-state index contributed by atoms with van der Waals surface area (Å²) in [4.78, 5) is 80.9. The third-order valence-electron chi connectivity index (χ3n) is 5.12. The number of carboxylic acids is 6. The van der Waals surface area contributed by atoms with Gasteiger partial charge in [-0.3, -0.25) is 19.2 Å². The summed E-state index contributed by atoms with van der Waals surface area (Å²) in [5, 5.41) is 55.4. The second kappa shape index (κ2) is 10.3. The lowest BCUT2D eigenvalue weighted by Crippen LogP contribution is -2.55. The lowest BCUT2D eigenvalue weighted by Gasteiger charge is -2.26. The maximum Gasteiger partial charge on any atom is 0.343 e. The summed E-state index contributed by atoms with van der Waals surface area (Å²) in [7, 11) is 0. The first-order valence-electron chi connectivity index (χ1n) is 9.58. The number of carbonyl (C=O) groups excluding carboxylic acids is 1. The minimum atomic E-state index is -3.68. The van der Waals surface area contributed by atoms with E-state index in [1.807, 2.05) is 0 Å². The highest BCUT2D eigenvalue weighted by molar-refractivity contribution is 6.19. The lowest BCUT2D eigenvalue weighted by molar-refractivity contribution is -0.185. The normalized spacial score (nSPS) is 11.7. The summed E-state index contributed by atoms with van der Waals surface area (Å²) in [6.45, 7) is 0. The topological polar surface area (TPSA) is 250 Å². The van der Waals surface area contributed by atoms with Crippen molar-refractivity contribution in [2.75, 3.05) is 0 Å². The molecule has 2 rings (SSSR count). The maximum atomic E-state index is 12.3. The fourth-order valence-corrected chi connectivity index (χ4v) is 3.28. The molecule has 0 aliphatic rings. The first-order valence-corrected chi connectivity index (χ1v) is 9.58. The Balaban J connectivity index is 2.30. The molecule has 0 aliphatic heterocycles. The van der Waals surface area contributed by atoms with Gasteiger partial charge in [0.25, 0.3) is 5.41 Å². The highest BCUT2D eigenvalue weighted by Gasteiger charge is 2.63. The molecule has 188 valence electrons. The minimum Gasteiger partial charge on any atom is -0.481 e. The second-order valence-electron chi connectivity index (χ2n) is 7.22. The summed E-state index contributed by atoms with van der Waals surface area (Å²) in [6, 6.07) is 7.20. The van der Waals surface area contributed by atoms with E-state index in [1.165, 1.54) is 0 Å². The highest BCUT2D eigenvalue weighted by atomic mass is 16.5. The van der Waals surface area contributed by atoms with Crippen molar-refractivity contribution in [2.45, 2.75) is 6.42 Å². The minimum absolute atomic E-state index is 0.00528. The Kier molecular flexibility index (Phi) is 7.74. The molecule has 1 atom stereocenters. The molecule has 0 saturated carbocycles. The van der Waals surface area contributed by atoms with Crippen molar-refractivity contribution < 1.29 is 68.9 Å². The van der Waals surface area contributed by atoms with Crippen molar-refractivity contribution in [3.8, 4) is 5.75 Å². The van der Waals surface area contributed by atoms with Crippen LogP contribution in [-0.4, -0.2) is 72.4 Å². The number of rotatable bonds is 11. The van der Waals surface area contributed by atoms with Gasteiger partial charge in [0.2, 0.25) is 0 Å². The predicted molar refractivity (Wildman–Crippen MR) is 112 cm³/mol. The van der Waals surface area contributed by atoms with Gasteiger partial charge < -0.3 is 35.4 Å². The van der Waals surface area contributed by atoms with E-state index < -0.39 is 70.7 Å². The van der Waals surface area contributed by atoms with E-state index in [0.717, 1.165) is 42.5 Å². The van der Waals surface area contributed by atoms with E-state index >= 15 is 0 Å². The zero-order chi connectivity index (χ0) is 27.4. The third-order valence-corrected chi connectivity index (χ3v) is 5.12. The molecule has 2 aromatic rings. The zero-order valence-corrected chi connectivity index (χ0v) is 17.8. The summed E-state index contributed by atoms with van der Waals surface area (Å²) in [6.07, 6.45) is -0.826. The molecule has 0 saturated heterocycles. The van der Waals surface area contributed by atoms with Crippen LogP contribution >= 0.6 is 0 Å². The molecule has 0 amide bonds. The molecule has 14 heteroatoms. The van der Waals surface area contributed by atoms with Gasteiger partial charge >= 0.3 is 41.8 Å². The Labute approximate surface area is 199 Å². The van der Waals surface area contributed by atoms with Gasteiger partial charge in [0.05, 0.1) is 22.6 Å². The van der Waals surface area contributed by atoms with Gasteiger partial charge in [-0.2, -0.15) is 0 Å². The van der Waals surface area contributed by atoms with Crippen molar-refractivity contribution in [1.82, 2.24) is 0 Å². The average molecular weight is 504 g/mol. The predicted octanol–water partition coefficient (Wildman–Crippen LogP) is 0.786. The number of esters is 1. The molecule has 2 aromatic carbocycles. The van der Waals surface area contributed by atoms with E-state index in [1.54, 1.807) is 0 Å². The number of aliphatic carboxylic acids is 4. The number of aromatic carboxylic acids is 2. The number of benzene rings is 2. The smallest absolute Gasteiger partial charge is 0.343 e. The van der Waals surface area contributed by atoms with Crippen LogP contribution in [0.4, 0.5) is 0 Å². The standard InChI is InChI=1S/C22H16O14/c23-15(24)12-6-3-10(8-13(12)16(25)26)18(29)36-11-4-1-9(2-5-11)7-14(17(27)28)22(19(30)31,20(32)33)21(34)35/h1-6,8,14H,7H2,(H,23,24)(H,25,26)(H,27,28)(H,30,31)(H,32,33)(H,34,35). The molecule has 0 fully saturated rings. The van der Waals surface area contributed by atoms with Gasteiger partial charge in [-0.05, 0) is 42.3 Å². The molecule has 6 N–H and O–H groups in total. The molecule has 0 aliphatic carbocycles. The Morgan fingerprint density at radius 3 is 1.61 bits per heavy atom.